The molecule has 1 aliphatic heterocycles. The predicted octanol–water partition coefficient (Wildman–Crippen LogP) is 5.15. The van der Waals surface area contributed by atoms with E-state index in [2.05, 4.69) is 37.4 Å². The maximum absolute atomic E-state index is 12.7. The van der Waals surface area contributed by atoms with Gasteiger partial charge in [0.15, 0.2) is 0 Å². The molecule has 1 aliphatic rings. The summed E-state index contributed by atoms with van der Waals surface area (Å²) in [4.78, 5) is 19.3. The molecule has 1 fully saturated rings. The van der Waals surface area contributed by atoms with Crippen molar-refractivity contribution in [1.29, 1.82) is 0 Å². The quantitative estimate of drug-likeness (QED) is 0.703. The third-order valence-electron chi connectivity index (χ3n) is 5.23. The summed E-state index contributed by atoms with van der Waals surface area (Å²) in [6, 6.07) is 11.3. The zero-order valence-corrected chi connectivity index (χ0v) is 17.9. The van der Waals surface area contributed by atoms with Crippen LogP contribution in [0.5, 0.6) is 0 Å². The minimum absolute atomic E-state index is 0.0275. The molecule has 2 heterocycles. The van der Waals surface area contributed by atoms with Crippen molar-refractivity contribution in [2.24, 2.45) is 5.92 Å². The molecule has 3 rings (SSSR count). The summed E-state index contributed by atoms with van der Waals surface area (Å²) in [5.41, 5.74) is 2.81. The van der Waals surface area contributed by atoms with Gasteiger partial charge in [-0.3, -0.25) is 9.78 Å². The van der Waals surface area contributed by atoms with Crippen molar-refractivity contribution in [2.45, 2.75) is 39.2 Å². The molecule has 1 saturated heterocycles. The molecule has 0 bridgehead atoms. The third-order valence-corrected chi connectivity index (χ3v) is 5.97. The maximum Gasteiger partial charge on any atom is 0.253 e. The summed E-state index contributed by atoms with van der Waals surface area (Å²) < 4.78 is 0. The van der Waals surface area contributed by atoms with Crippen LogP contribution in [0.1, 0.15) is 54.4 Å². The van der Waals surface area contributed by atoms with Crippen LogP contribution < -0.4 is 5.32 Å². The fourth-order valence-electron chi connectivity index (χ4n) is 3.47. The molecule has 1 amide bonds. The number of amides is 1. The van der Waals surface area contributed by atoms with Crippen molar-refractivity contribution in [2.75, 3.05) is 19.6 Å². The smallest absolute Gasteiger partial charge is 0.253 e. The van der Waals surface area contributed by atoms with Crippen molar-refractivity contribution >= 4 is 29.1 Å². The van der Waals surface area contributed by atoms with Crippen molar-refractivity contribution < 1.29 is 4.79 Å². The number of rotatable bonds is 6. The summed E-state index contributed by atoms with van der Waals surface area (Å²) in [5, 5.41) is 4.42. The number of piperidine rings is 1. The Kier molecular flexibility index (Phi) is 7.33. The second kappa shape index (κ2) is 9.73. The van der Waals surface area contributed by atoms with E-state index in [1.807, 2.05) is 4.90 Å². The van der Waals surface area contributed by atoms with Crippen LogP contribution in [0, 0.1) is 5.92 Å². The Morgan fingerprint density at radius 3 is 2.61 bits per heavy atom. The molecule has 1 N–H and O–H groups in total. The number of halogens is 2. The zero-order valence-electron chi connectivity index (χ0n) is 16.4. The van der Waals surface area contributed by atoms with Gasteiger partial charge in [-0.05, 0) is 61.6 Å². The fourth-order valence-corrected chi connectivity index (χ4v) is 3.77. The van der Waals surface area contributed by atoms with Crippen molar-refractivity contribution in [1.82, 2.24) is 15.2 Å². The molecular weight excluding hydrogens is 393 g/mol. The Hall–Kier alpha value is -1.62. The number of aromatic nitrogens is 1. The van der Waals surface area contributed by atoms with Gasteiger partial charge in [-0.15, -0.1) is 0 Å². The van der Waals surface area contributed by atoms with Crippen LogP contribution in [0.3, 0.4) is 0 Å². The Balaban J connectivity index is 1.44. The highest BCUT2D eigenvalue weighted by molar-refractivity contribution is 6.42. The first-order valence-corrected chi connectivity index (χ1v) is 10.6. The molecule has 0 unspecified atom stereocenters. The lowest BCUT2D eigenvalue weighted by molar-refractivity contribution is 0.0690. The SMILES string of the molecule is CC(C)c1cccc(CNCC2CCN(C(=O)c3ccc(Cl)c(Cl)c3)CC2)n1. The van der Waals surface area contributed by atoms with Gasteiger partial charge in [0, 0.05) is 30.9 Å². The molecule has 150 valence electrons. The lowest BCUT2D eigenvalue weighted by Crippen LogP contribution is -2.40. The molecule has 1 aromatic carbocycles. The number of hydrogen-bond donors (Lipinski definition) is 1. The minimum atomic E-state index is 0.0275. The molecule has 1 aromatic heterocycles. The van der Waals surface area contributed by atoms with E-state index in [1.54, 1.807) is 18.2 Å². The normalized spacial score (nSPS) is 15.2. The van der Waals surface area contributed by atoms with Gasteiger partial charge < -0.3 is 10.2 Å². The second-order valence-corrected chi connectivity index (χ2v) is 8.52. The summed E-state index contributed by atoms with van der Waals surface area (Å²) in [5.74, 6) is 1.04. The Bertz CT molecular complexity index is 817. The Labute approximate surface area is 177 Å². The Morgan fingerprint density at radius 1 is 1.18 bits per heavy atom. The number of benzene rings is 1. The predicted molar refractivity (Wildman–Crippen MR) is 115 cm³/mol. The number of nitrogens with zero attached hydrogens (tertiary/aromatic N) is 2. The summed E-state index contributed by atoms with van der Waals surface area (Å²) in [6.45, 7) is 7.59. The average Bonchev–Trinajstić information content (AvgIpc) is 2.70. The number of pyridine rings is 1. The van der Waals surface area contributed by atoms with Gasteiger partial charge in [0.25, 0.3) is 5.91 Å². The molecular formula is C22H27Cl2N3O. The molecule has 0 spiro atoms. The van der Waals surface area contributed by atoms with Gasteiger partial charge in [0.05, 0.1) is 15.7 Å². The number of carbonyl (C=O) groups excluding carboxylic acids is 1. The number of likely N-dealkylation sites (tertiary alicyclic amines) is 1. The first-order valence-electron chi connectivity index (χ1n) is 9.85. The number of carbonyl (C=O) groups is 1. The van der Waals surface area contributed by atoms with E-state index in [0.717, 1.165) is 50.4 Å². The van der Waals surface area contributed by atoms with Gasteiger partial charge in [0.2, 0.25) is 0 Å². The average molecular weight is 420 g/mol. The lowest BCUT2D eigenvalue weighted by Gasteiger charge is -2.32. The van der Waals surface area contributed by atoms with E-state index in [0.29, 0.717) is 27.4 Å². The number of hydrogen-bond acceptors (Lipinski definition) is 3. The van der Waals surface area contributed by atoms with E-state index in [-0.39, 0.29) is 5.91 Å². The van der Waals surface area contributed by atoms with Crippen molar-refractivity contribution in [3.8, 4) is 0 Å². The standard InChI is InChI=1S/C22H27Cl2N3O/c1-15(2)21-5-3-4-18(26-21)14-25-13-16-8-10-27(11-9-16)22(28)17-6-7-19(23)20(24)12-17/h3-7,12,15-16,25H,8-11,13-14H2,1-2H3. The zero-order chi connectivity index (χ0) is 20.1. The number of nitrogens with one attached hydrogen (secondary N) is 1. The monoisotopic (exact) mass is 419 g/mol. The molecule has 0 saturated carbocycles. The molecule has 2 aromatic rings. The van der Waals surface area contributed by atoms with E-state index < -0.39 is 0 Å². The second-order valence-electron chi connectivity index (χ2n) is 7.70. The highest BCUT2D eigenvalue weighted by Gasteiger charge is 2.23. The molecule has 0 aliphatic carbocycles. The molecule has 28 heavy (non-hydrogen) atoms. The van der Waals surface area contributed by atoms with Crippen LogP contribution in [-0.4, -0.2) is 35.4 Å². The van der Waals surface area contributed by atoms with E-state index in [1.165, 1.54) is 0 Å². The lowest BCUT2D eigenvalue weighted by atomic mass is 9.96. The molecule has 4 nitrogen and oxygen atoms in total. The van der Waals surface area contributed by atoms with Crippen LogP contribution >= 0.6 is 23.2 Å². The van der Waals surface area contributed by atoms with Crippen LogP contribution in [0.15, 0.2) is 36.4 Å². The summed E-state index contributed by atoms with van der Waals surface area (Å²) >= 11 is 12.0. The van der Waals surface area contributed by atoms with E-state index in [9.17, 15) is 4.79 Å². The first kappa shape index (κ1) is 21.1. The highest BCUT2D eigenvalue weighted by atomic mass is 35.5. The first-order chi connectivity index (χ1) is 13.4. The Morgan fingerprint density at radius 2 is 1.93 bits per heavy atom. The van der Waals surface area contributed by atoms with E-state index in [4.69, 9.17) is 28.2 Å². The van der Waals surface area contributed by atoms with E-state index >= 15 is 0 Å². The van der Waals surface area contributed by atoms with Crippen LogP contribution in [0.4, 0.5) is 0 Å². The van der Waals surface area contributed by atoms with Crippen LogP contribution in [-0.2, 0) is 6.54 Å². The van der Waals surface area contributed by atoms with Gasteiger partial charge in [-0.2, -0.15) is 0 Å². The summed E-state index contributed by atoms with van der Waals surface area (Å²) in [6.07, 6.45) is 2.00. The van der Waals surface area contributed by atoms with Crippen LogP contribution in [0.25, 0.3) is 0 Å². The van der Waals surface area contributed by atoms with Gasteiger partial charge in [0.1, 0.15) is 0 Å². The fraction of sp³-hybridized carbons (Fsp3) is 0.455. The molecule has 0 radical (unpaired) electrons. The summed E-state index contributed by atoms with van der Waals surface area (Å²) in [7, 11) is 0. The minimum Gasteiger partial charge on any atom is -0.339 e. The van der Waals surface area contributed by atoms with Crippen molar-refractivity contribution in [3.63, 3.8) is 0 Å². The van der Waals surface area contributed by atoms with Gasteiger partial charge in [-0.1, -0.05) is 43.1 Å². The van der Waals surface area contributed by atoms with Gasteiger partial charge in [-0.25, -0.2) is 0 Å². The highest BCUT2D eigenvalue weighted by Crippen LogP contribution is 2.25. The van der Waals surface area contributed by atoms with Gasteiger partial charge >= 0.3 is 0 Å². The third kappa shape index (κ3) is 5.47. The topological polar surface area (TPSA) is 45.2 Å². The van der Waals surface area contributed by atoms with Crippen molar-refractivity contribution in [3.05, 3.63) is 63.4 Å². The molecule has 0 atom stereocenters. The maximum atomic E-state index is 12.7. The molecule has 6 heteroatoms. The largest absolute Gasteiger partial charge is 0.339 e. The van der Waals surface area contributed by atoms with Crippen LogP contribution in [0.2, 0.25) is 10.0 Å².